The van der Waals surface area contributed by atoms with Gasteiger partial charge >= 0.3 is 0 Å². The number of nitrogens with one attached hydrogen (secondary N) is 1. The van der Waals surface area contributed by atoms with Gasteiger partial charge in [0.15, 0.2) is 0 Å². The van der Waals surface area contributed by atoms with Gasteiger partial charge in [-0.3, -0.25) is 9.78 Å². The Bertz CT molecular complexity index is 614. The number of ether oxygens (including phenoxy) is 1. The maximum absolute atomic E-state index is 11.3. The molecule has 0 aliphatic rings. The zero-order valence-corrected chi connectivity index (χ0v) is 12.0. The predicted octanol–water partition coefficient (Wildman–Crippen LogP) is 2.23. The largest absolute Gasteiger partial charge is 0.494 e. The fourth-order valence-corrected chi connectivity index (χ4v) is 2.08. The number of para-hydroxylation sites is 1. The molecule has 0 saturated heterocycles. The maximum Gasteiger partial charge on any atom is 0.252 e. The normalized spacial score (nSPS) is 10.1. The molecule has 0 bridgehead atoms. The van der Waals surface area contributed by atoms with E-state index < -0.39 is 5.91 Å². The average Bonchev–Trinajstić information content (AvgIpc) is 2.49. The topological polar surface area (TPSA) is 77.2 Å². The van der Waals surface area contributed by atoms with Crippen LogP contribution in [0.5, 0.6) is 5.75 Å². The Morgan fingerprint density at radius 2 is 2.14 bits per heavy atom. The quantitative estimate of drug-likeness (QED) is 0.818. The molecule has 0 saturated carbocycles. The third-order valence-electron chi connectivity index (χ3n) is 3.07. The van der Waals surface area contributed by atoms with Crippen LogP contribution in [0.4, 0.5) is 5.69 Å². The minimum atomic E-state index is -0.486. The van der Waals surface area contributed by atoms with Gasteiger partial charge in [0.05, 0.1) is 17.9 Å². The first-order chi connectivity index (χ1) is 10.2. The van der Waals surface area contributed by atoms with Gasteiger partial charge < -0.3 is 15.8 Å². The Morgan fingerprint density at radius 3 is 2.90 bits per heavy atom. The second-order valence-electron chi connectivity index (χ2n) is 4.50. The average molecular weight is 285 g/mol. The van der Waals surface area contributed by atoms with E-state index in [-0.39, 0.29) is 0 Å². The number of amides is 1. The first-order valence-electron chi connectivity index (χ1n) is 6.90. The van der Waals surface area contributed by atoms with Crippen LogP contribution < -0.4 is 15.8 Å². The van der Waals surface area contributed by atoms with E-state index in [1.165, 1.54) is 6.20 Å². The molecule has 0 fully saturated rings. The number of primary amides is 1. The first-order valence-corrected chi connectivity index (χ1v) is 6.90. The van der Waals surface area contributed by atoms with Crippen LogP contribution in [0.25, 0.3) is 0 Å². The van der Waals surface area contributed by atoms with Gasteiger partial charge in [-0.1, -0.05) is 18.2 Å². The third-order valence-corrected chi connectivity index (χ3v) is 3.07. The van der Waals surface area contributed by atoms with Crippen molar-refractivity contribution in [1.82, 2.24) is 4.98 Å². The zero-order valence-electron chi connectivity index (χ0n) is 12.0. The van der Waals surface area contributed by atoms with Crippen LogP contribution in [0.15, 0.2) is 42.7 Å². The minimum absolute atomic E-state index is 0.399. The van der Waals surface area contributed by atoms with Gasteiger partial charge in [0.2, 0.25) is 0 Å². The van der Waals surface area contributed by atoms with E-state index >= 15 is 0 Å². The van der Waals surface area contributed by atoms with Crippen molar-refractivity contribution in [2.24, 2.45) is 5.73 Å². The Hall–Kier alpha value is -2.56. The molecule has 0 unspecified atom stereocenters. The predicted molar refractivity (Wildman–Crippen MR) is 82.6 cm³/mol. The smallest absolute Gasteiger partial charge is 0.252 e. The van der Waals surface area contributed by atoms with Gasteiger partial charge in [0, 0.05) is 18.9 Å². The van der Waals surface area contributed by atoms with Crippen molar-refractivity contribution in [1.29, 1.82) is 0 Å². The van der Waals surface area contributed by atoms with Crippen molar-refractivity contribution < 1.29 is 9.53 Å². The lowest BCUT2D eigenvalue weighted by Crippen LogP contribution is -2.16. The molecular formula is C16H19N3O2. The van der Waals surface area contributed by atoms with Gasteiger partial charge in [-0.15, -0.1) is 0 Å². The van der Waals surface area contributed by atoms with Crippen LogP contribution in [-0.2, 0) is 6.42 Å². The van der Waals surface area contributed by atoms with Gasteiger partial charge in [0.25, 0.3) is 5.91 Å². The van der Waals surface area contributed by atoms with E-state index in [9.17, 15) is 4.79 Å². The Morgan fingerprint density at radius 1 is 1.33 bits per heavy atom. The second kappa shape index (κ2) is 7.28. The van der Waals surface area contributed by atoms with E-state index in [0.717, 1.165) is 17.7 Å². The number of carbonyl (C=O) groups is 1. The zero-order chi connectivity index (χ0) is 15.1. The van der Waals surface area contributed by atoms with Crippen LogP contribution in [0.1, 0.15) is 22.8 Å². The van der Waals surface area contributed by atoms with E-state index in [1.807, 2.05) is 31.2 Å². The lowest BCUT2D eigenvalue weighted by molar-refractivity contribution is 0.100. The Balaban J connectivity index is 2.01. The molecule has 2 rings (SSSR count). The number of carbonyl (C=O) groups excluding carboxylic acids is 1. The fourth-order valence-electron chi connectivity index (χ4n) is 2.08. The fraction of sp³-hybridized carbons (Fsp3) is 0.250. The molecule has 5 heteroatoms. The summed E-state index contributed by atoms with van der Waals surface area (Å²) in [6.45, 7) is 3.28. The molecule has 3 N–H and O–H groups in total. The molecule has 0 aliphatic carbocycles. The summed E-state index contributed by atoms with van der Waals surface area (Å²) in [5.41, 5.74) is 7.55. The highest BCUT2D eigenvalue weighted by atomic mass is 16.5. The summed E-state index contributed by atoms with van der Waals surface area (Å²) in [5, 5.41) is 3.22. The summed E-state index contributed by atoms with van der Waals surface area (Å²) in [6.07, 6.45) is 3.89. The molecule has 1 heterocycles. The summed E-state index contributed by atoms with van der Waals surface area (Å²) in [6, 6.07) is 9.68. The Kier molecular flexibility index (Phi) is 5.15. The van der Waals surface area contributed by atoms with Crippen LogP contribution in [-0.4, -0.2) is 24.0 Å². The maximum atomic E-state index is 11.3. The summed E-state index contributed by atoms with van der Waals surface area (Å²) in [5.74, 6) is 0.409. The van der Waals surface area contributed by atoms with Crippen molar-refractivity contribution in [3.05, 3.63) is 53.9 Å². The van der Waals surface area contributed by atoms with Crippen molar-refractivity contribution in [2.75, 3.05) is 18.5 Å². The second-order valence-corrected chi connectivity index (χ2v) is 4.50. The summed E-state index contributed by atoms with van der Waals surface area (Å²) < 4.78 is 5.59. The third kappa shape index (κ3) is 3.95. The lowest BCUT2D eigenvalue weighted by atomic mass is 10.1. The summed E-state index contributed by atoms with van der Waals surface area (Å²) in [7, 11) is 0. The number of hydrogen-bond acceptors (Lipinski definition) is 4. The molecule has 1 aromatic heterocycles. The number of rotatable bonds is 7. The summed E-state index contributed by atoms with van der Waals surface area (Å²) in [4.78, 5) is 15.2. The monoisotopic (exact) mass is 285 g/mol. The van der Waals surface area contributed by atoms with Crippen LogP contribution in [0.3, 0.4) is 0 Å². The van der Waals surface area contributed by atoms with Crippen molar-refractivity contribution in [2.45, 2.75) is 13.3 Å². The molecule has 1 amide bonds. The highest BCUT2D eigenvalue weighted by molar-refractivity contribution is 5.98. The first kappa shape index (κ1) is 14.8. The molecule has 0 spiro atoms. The Labute approximate surface area is 124 Å². The number of pyridine rings is 1. The molecule has 2 aromatic rings. The van der Waals surface area contributed by atoms with Crippen LogP contribution >= 0.6 is 0 Å². The highest BCUT2D eigenvalue weighted by Crippen LogP contribution is 2.19. The molecule has 1 aromatic carbocycles. The number of anilines is 1. The lowest BCUT2D eigenvalue weighted by Gasteiger charge is -2.12. The SMILES string of the molecule is CCOc1ccccc1CCNc1ccncc1C(N)=O. The van der Waals surface area contributed by atoms with Crippen LogP contribution in [0, 0.1) is 0 Å². The number of benzene rings is 1. The molecule has 110 valence electrons. The van der Waals surface area contributed by atoms with E-state index in [4.69, 9.17) is 10.5 Å². The van der Waals surface area contributed by atoms with Crippen molar-refractivity contribution in [3.63, 3.8) is 0 Å². The molecule has 21 heavy (non-hydrogen) atoms. The van der Waals surface area contributed by atoms with Crippen LogP contribution in [0.2, 0.25) is 0 Å². The summed E-state index contributed by atoms with van der Waals surface area (Å²) >= 11 is 0. The van der Waals surface area contributed by atoms with Gasteiger partial charge in [-0.05, 0) is 31.0 Å². The molecule has 0 atom stereocenters. The van der Waals surface area contributed by atoms with Gasteiger partial charge in [-0.25, -0.2) is 0 Å². The van der Waals surface area contributed by atoms with Crippen molar-refractivity contribution >= 4 is 11.6 Å². The number of aromatic nitrogens is 1. The molecule has 5 nitrogen and oxygen atoms in total. The molecule has 0 radical (unpaired) electrons. The van der Waals surface area contributed by atoms with Gasteiger partial charge in [-0.2, -0.15) is 0 Å². The van der Waals surface area contributed by atoms with E-state index in [1.54, 1.807) is 12.3 Å². The highest BCUT2D eigenvalue weighted by Gasteiger charge is 2.08. The minimum Gasteiger partial charge on any atom is -0.494 e. The number of nitrogens with zero attached hydrogens (tertiary/aromatic N) is 1. The molecule has 0 aliphatic heterocycles. The van der Waals surface area contributed by atoms with Crippen molar-refractivity contribution in [3.8, 4) is 5.75 Å². The van der Waals surface area contributed by atoms with E-state index in [2.05, 4.69) is 10.3 Å². The molecular weight excluding hydrogens is 266 g/mol. The van der Waals surface area contributed by atoms with E-state index in [0.29, 0.717) is 24.4 Å². The van der Waals surface area contributed by atoms with Gasteiger partial charge in [0.1, 0.15) is 5.75 Å². The number of hydrogen-bond donors (Lipinski definition) is 2. The standard InChI is InChI=1S/C16H19N3O2/c1-2-21-15-6-4-3-5-12(15)7-10-19-14-8-9-18-11-13(14)16(17)20/h3-6,8-9,11H,2,7,10H2,1H3,(H2,17,20)(H,18,19). The number of nitrogens with two attached hydrogens (primary N) is 1.